The number of anilines is 1. The Balaban J connectivity index is 2.09. The van der Waals surface area contributed by atoms with Gasteiger partial charge >= 0.3 is 5.97 Å². The van der Waals surface area contributed by atoms with E-state index >= 15 is 0 Å². The smallest absolute Gasteiger partial charge is 0.310 e. The largest absolute Gasteiger partial charge is 0.493 e. The third kappa shape index (κ3) is 4.19. The highest BCUT2D eigenvalue weighted by atomic mass is 16.5. The number of amides is 1. The molecule has 1 amide bonds. The Morgan fingerprint density at radius 1 is 1.08 bits per heavy atom. The van der Waals surface area contributed by atoms with Gasteiger partial charge in [-0.1, -0.05) is 25.7 Å². The minimum absolute atomic E-state index is 0.00330. The molecule has 132 valence electrons. The summed E-state index contributed by atoms with van der Waals surface area (Å²) in [6, 6.07) is 5.07. The van der Waals surface area contributed by atoms with Crippen LogP contribution in [0.4, 0.5) is 5.69 Å². The van der Waals surface area contributed by atoms with Gasteiger partial charge in [0, 0.05) is 18.2 Å². The molecule has 1 aromatic rings. The van der Waals surface area contributed by atoms with E-state index in [4.69, 9.17) is 9.47 Å². The van der Waals surface area contributed by atoms with E-state index in [1.807, 2.05) is 0 Å². The number of ether oxygens (including phenoxy) is 2. The van der Waals surface area contributed by atoms with Gasteiger partial charge in [-0.25, -0.2) is 0 Å². The number of hydrogen-bond donors (Lipinski definition) is 2. The molecule has 2 rings (SSSR count). The molecule has 6 heteroatoms. The zero-order valence-corrected chi connectivity index (χ0v) is 14.3. The van der Waals surface area contributed by atoms with Gasteiger partial charge in [0.15, 0.2) is 11.5 Å². The third-order valence-corrected chi connectivity index (χ3v) is 4.68. The van der Waals surface area contributed by atoms with Crippen molar-refractivity contribution < 1.29 is 24.2 Å². The molecule has 1 fully saturated rings. The molecular formula is C18H25NO5. The van der Waals surface area contributed by atoms with Gasteiger partial charge in [0.2, 0.25) is 5.91 Å². The van der Waals surface area contributed by atoms with E-state index < -0.39 is 11.4 Å². The number of carboxylic acid groups (broad SMARTS) is 1. The maximum Gasteiger partial charge on any atom is 0.310 e. The Hall–Kier alpha value is -2.24. The first-order chi connectivity index (χ1) is 11.5. The second-order valence-corrected chi connectivity index (χ2v) is 6.29. The molecule has 2 N–H and O–H groups in total. The second kappa shape index (κ2) is 8.04. The number of hydrogen-bond acceptors (Lipinski definition) is 4. The highest BCUT2D eigenvalue weighted by molar-refractivity contribution is 5.94. The van der Waals surface area contributed by atoms with E-state index in [0.717, 1.165) is 25.7 Å². The van der Waals surface area contributed by atoms with Crippen molar-refractivity contribution in [2.45, 2.75) is 44.9 Å². The summed E-state index contributed by atoms with van der Waals surface area (Å²) in [5, 5.41) is 12.4. The molecule has 1 aliphatic carbocycles. The molecule has 0 heterocycles. The number of carbonyl (C=O) groups is 2. The van der Waals surface area contributed by atoms with Crippen molar-refractivity contribution in [2.24, 2.45) is 5.41 Å². The van der Waals surface area contributed by atoms with Crippen molar-refractivity contribution in [1.29, 1.82) is 0 Å². The van der Waals surface area contributed by atoms with Crippen molar-refractivity contribution in [3.63, 3.8) is 0 Å². The maximum absolute atomic E-state index is 12.4. The number of benzene rings is 1. The monoisotopic (exact) mass is 335 g/mol. The van der Waals surface area contributed by atoms with Crippen LogP contribution < -0.4 is 14.8 Å². The predicted octanol–water partition coefficient (Wildman–Crippen LogP) is 3.46. The van der Waals surface area contributed by atoms with Crippen molar-refractivity contribution >= 4 is 17.6 Å². The highest BCUT2D eigenvalue weighted by Gasteiger charge is 2.40. The van der Waals surface area contributed by atoms with Crippen molar-refractivity contribution in [2.75, 3.05) is 19.5 Å². The van der Waals surface area contributed by atoms with Gasteiger partial charge in [0.05, 0.1) is 19.6 Å². The Labute approximate surface area is 142 Å². The van der Waals surface area contributed by atoms with Crippen LogP contribution in [0.15, 0.2) is 18.2 Å². The summed E-state index contributed by atoms with van der Waals surface area (Å²) in [5.41, 5.74) is -0.385. The first-order valence-electron chi connectivity index (χ1n) is 8.26. The minimum Gasteiger partial charge on any atom is -0.493 e. The number of methoxy groups -OCH3 is 2. The van der Waals surface area contributed by atoms with Crippen LogP contribution in [0.2, 0.25) is 0 Å². The lowest BCUT2D eigenvalue weighted by Gasteiger charge is -2.27. The van der Waals surface area contributed by atoms with E-state index in [2.05, 4.69) is 5.32 Å². The molecule has 0 saturated heterocycles. The topological polar surface area (TPSA) is 84.9 Å². The fraction of sp³-hybridized carbons (Fsp3) is 0.556. The fourth-order valence-corrected chi connectivity index (χ4v) is 3.30. The van der Waals surface area contributed by atoms with Crippen LogP contribution in [-0.2, 0) is 9.59 Å². The summed E-state index contributed by atoms with van der Waals surface area (Å²) in [5.74, 6) is -0.0719. The third-order valence-electron chi connectivity index (χ3n) is 4.68. The zero-order chi connectivity index (χ0) is 17.6. The lowest BCUT2D eigenvalue weighted by atomic mass is 9.77. The van der Waals surface area contributed by atoms with Crippen LogP contribution in [0.1, 0.15) is 44.9 Å². The molecule has 24 heavy (non-hydrogen) atoms. The Morgan fingerprint density at radius 2 is 1.71 bits per heavy atom. The molecule has 1 saturated carbocycles. The first kappa shape index (κ1) is 18.1. The molecule has 1 aliphatic rings. The Bertz CT molecular complexity index is 591. The molecule has 1 aromatic carbocycles. The molecule has 0 aliphatic heterocycles. The summed E-state index contributed by atoms with van der Waals surface area (Å²) in [4.78, 5) is 24.2. The first-order valence-corrected chi connectivity index (χ1v) is 8.26. The van der Waals surface area contributed by atoms with Gasteiger partial charge in [-0.3, -0.25) is 9.59 Å². The summed E-state index contributed by atoms with van der Waals surface area (Å²) >= 11 is 0. The van der Waals surface area contributed by atoms with Crippen LogP contribution in [-0.4, -0.2) is 31.2 Å². The average Bonchev–Trinajstić information content (AvgIpc) is 2.81. The van der Waals surface area contributed by atoms with Gasteiger partial charge in [-0.15, -0.1) is 0 Å². The lowest BCUT2D eigenvalue weighted by molar-refractivity contribution is -0.152. The van der Waals surface area contributed by atoms with Crippen molar-refractivity contribution in [3.8, 4) is 11.5 Å². The average molecular weight is 335 g/mol. The number of rotatable bonds is 6. The number of carbonyl (C=O) groups excluding carboxylic acids is 1. The van der Waals surface area contributed by atoms with Crippen LogP contribution in [0.25, 0.3) is 0 Å². The van der Waals surface area contributed by atoms with Gasteiger partial charge in [-0.05, 0) is 25.0 Å². The number of carboxylic acids is 1. The van der Waals surface area contributed by atoms with Crippen LogP contribution in [0.3, 0.4) is 0 Å². The lowest BCUT2D eigenvalue weighted by Crippen LogP contribution is -2.35. The van der Waals surface area contributed by atoms with Crippen LogP contribution in [0.5, 0.6) is 11.5 Å². The van der Waals surface area contributed by atoms with E-state index in [1.54, 1.807) is 25.3 Å². The molecule has 0 aromatic heterocycles. The summed E-state index contributed by atoms with van der Waals surface area (Å²) in [6.45, 7) is 0. The SMILES string of the molecule is COc1ccc(NC(=O)CC2(C(=O)O)CCCCCC2)cc1OC. The molecule has 0 radical (unpaired) electrons. The Kier molecular flexibility index (Phi) is 6.06. The zero-order valence-electron chi connectivity index (χ0n) is 14.3. The van der Waals surface area contributed by atoms with E-state index in [1.165, 1.54) is 7.11 Å². The standard InChI is InChI=1S/C18H25NO5/c1-23-14-8-7-13(11-15(14)24-2)19-16(20)12-18(17(21)22)9-5-3-4-6-10-18/h7-8,11H,3-6,9-10,12H2,1-2H3,(H,19,20)(H,21,22). The van der Waals surface area contributed by atoms with Crippen LogP contribution in [0, 0.1) is 5.41 Å². The molecule has 0 atom stereocenters. The van der Waals surface area contributed by atoms with Gasteiger partial charge in [-0.2, -0.15) is 0 Å². The quantitative estimate of drug-likeness (QED) is 0.778. The van der Waals surface area contributed by atoms with Crippen LogP contribution >= 0.6 is 0 Å². The summed E-state index contributed by atoms with van der Waals surface area (Å²) in [6.07, 6.45) is 4.89. The van der Waals surface area contributed by atoms with Crippen molar-refractivity contribution in [1.82, 2.24) is 0 Å². The van der Waals surface area contributed by atoms with E-state index in [9.17, 15) is 14.7 Å². The van der Waals surface area contributed by atoms with E-state index in [0.29, 0.717) is 30.0 Å². The van der Waals surface area contributed by atoms with Crippen molar-refractivity contribution in [3.05, 3.63) is 18.2 Å². The predicted molar refractivity (Wildman–Crippen MR) is 90.6 cm³/mol. The highest BCUT2D eigenvalue weighted by Crippen LogP contribution is 2.39. The molecule has 0 unspecified atom stereocenters. The normalized spacial score (nSPS) is 16.8. The fourth-order valence-electron chi connectivity index (χ4n) is 3.30. The number of nitrogens with one attached hydrogen (secondary N) is 1. The molecule has 0 spiro atoms. The molecular weight excluding hydrogens is 310 g/mol. The summed E-state index contributed by atoms with van der Waals surface area (Å²) < 4.78 is 10.4. The van der Waals surface area contributed by atoms with Gasteiger partial charge in [0.1, 0.15) is 0 Å². The van der Waals surface area contributed by atoms with Gasteiger partial charge in [0.25, 0.3) is 0 Å². The molecule has 0 bridgehead atoms. The molecule has 6 nitrogen and oxygen atoms in total. The van der Waals surface area contributed by atoms with E-state index in [-0.39, 0.29) is 12.3 Å². The van der Waals surface area contributed by atoms with Gasteiger partial charge < -0.3 is 19.9 Å². The number of aliphatic carboxylic acids is 1. The summed E-state index contributed by atoms with van der Waals surface area (Å²) in [7, 11) is 3.06. The Morgan fingerprint density at radius 3 is 2.25 bits per heavy atom. The maximum atomic E-state index is 12.4. The minimum atomic E-state index is -0.947. The second-order valence-electron chi connectivity index (χ2n) is 6.29.